The topological polar surface area (TPSA) is 41.5 Å². The van der Waals surface area contributed by atoms with Crippen LogP contribution in [0.3, 0.4) is 0 Å². The van der Waals surface area contributed by atoms with Crippen LogP contribution in [0.15, 0.2) is 47.1 Å². The molecule has 15 heavy (non-hydrogen) atoms. The van der Waals surface area contributed by atoms with Gasteiger partial charge in [-0.3, -0.25) is 9.79 Å². The Labute approximate surface area is 86.8 Å². The molecule has 2 aliphatic heterocycles. The third kappa shape index (κ3) is 1.13. The van der Waals surface area contributed by atoms with Crippen LogP contribution in [0, 0.1) is 0 Å². The first kappa shape index (κ1) is 8.17. The van der Waals surface area contributed by atoms with Gasteiger partial charge in [0.1, 0.15) is 0 Å². The number of allylic oxidation sites excluding steroid dienone is 2. The zero-order chi connectivity index (χ0) is 10.3. The molecule has 0 aromatic heterocycles. The molecule has 0 radical (unpaired) electrons. The fraction of sp³-hybridized carbons (Fsp3) is 0. The summed E-state index contributed by atoms with van der Waals surface area (Å²) in [6.07, 6.45) is 5.37. The SMILES string of the molecule is O=C1Nc2ccccc2C1=C1C=CC=N1. The van der Waals surface area contributed by atoms with E-state index in [4.69, 9.17) is 0 Å². The highest BCUT2D eigenvalue weighted by Gasteiger charge is 2.26. The normalized spacial score (nSPS) is 22.0. The number of hydrogen-bond donors (Lipinski definition) is 1. The molecule has 0 atom stereocenters. The Balaban J connectivity index is 2.26. The van der Waals surface area contributed by atoms with Crippen LogP contribution in [0.2, 0.25) is 0 Å². The average Bonchev–Trinajstić information content (AvgIpc) is 2.82. The van der Waals surface area contributed by atoms with Gasteiger partial charge in [-0.2, -0.15) is 0 Å². The number of para-hydroxylation sites is 1. The Hall–Kier alpha value is -2.16. The van der Waals surface area contributed by atoms with E-state index in [1.807, 2.05) is 36.4 Å². The fourth-order valence-electron chi connectivity index (χ4n) is 1.82. The average molecular weight is 196 g/mol. The lowest BCUT2D eigenvalue weighted by Crippen LogP contribution is -2.04. The molecule has 3 heteroatoms. The van der Waals surface area contributed by atoms with Crippen LogP contribution in [-0.2, 0) is 4.79 Å². The lowest BCUT2D eigenvalue weighted by Gasteiger charge is -1.98. The van der Waals surface area contributed by atoms with E-state index >= 15 is 0 Å². The molecule has 0 saturated carbocycles. The van der Waals surface area contributed by atoms with Crippen molar-refractivity contribution >= 4 is 23.4 Å². The highest BCUT2D eigenvalue weighted by atomic mass is 16.2. The molecule has 0 bridgehead atoms. The van der Waals surface area contributed by atoms with Crippen LogP contribution in [-0.4, -0.2) is 12.1 Å². The van der Waals surface area contributed by atoms with Crippen molar-refractivity contribution < 1.29 is 4.79 Å². The summed E-state index contributed by atoms with van der Waals surface area (Å²) in [5.74, 6) is -0.0742. The molecule has 0 fully saturated rings. The first-order chi connectivity index (χ1) is 7.36. The predicted octanol–water partition coefficient (Wildman–Crippen LogP) is 1.99. The molecule has 2 aliphatic rings. The zero-order valence-corrected chi connectivity index (χ0v) is 7.90. The summed E-state index contributed by atoms with van der Waals surface area (Å²) in [5, 5.41) is 2.82. The van der Waals surface area contributed by atoms with Crippen molar-refractivity contribution in [2.45, 2.75) is 0 Å². The van der Waals surface area contributed by atoms with E-state index in [0.29, 0.717) is 5.57 Å². The van der Waals surface area contributed by atoms with E-state index in [1.54, 1.807) is 6.21 Å². The minimum absolute atomic E-state index is 0.0742. The molecule has 0 unspecified atom stereocenters. The standard InChI is InChI=1S/C12H8N2O/c15-12-11(10-6-3-7-13-10)8-4-1-2-5-9(8)14-12/h1-7H,(H,14,15). The lowest BCUT2D eigenvalue weighted by molar-refractivity contribution is -0.110. The molecule has 0 spiro atoms. The molecule has 1 aromatic carbocycles. The van der Waals surface area contributed by atoms with Crippen molar-refractivity contribution in [1.29, 1.82) is 0 Å². The molecule has 1 amide bonds. The van der Waals surface area contributed by atoms with Crippen molar-refractivity contribution in [2.24, 2.45) is 4.99 Å². The fourth-order valence-corrected chi connectivity index (χ4v) is 1.82. The van der Waals surface area contributed by atoms with Crippen LogP contribution < -0.4 is 5.32 Å². The number of hydrogen-bond acceptors (Lipinski definition) is 2. The minimum atomic E-state index is -0.0742. The second-order valence-electron chi connectivity index (χ2n) is 3.40. The van der Waals surface area contributed by atoms with Gasteiger partial charge >= 0.3 is 0 Å². The van der Waals surface area contributed by atoms with E-state index in [9.17, 15) is 4.79 Å². The van der Waals surface area contributed by atoms with Crippen LogP contribution in [0.5, 0.6) is 0 Å². The number of aliphatic imine (C=N–C) groups is 1. The third-order valence-corrected chi connectivity index (χ3v) is 2.48. The van der Waals surface area contributed by atoms with Crippen LogP contribution in [0.1, 0.15) is 5.56 Å². The summed E-state index contributed by atoms with van der Waals surface area (Å²) >= 11 is 0. The van der Waals surface area contributed by atoms with Gasteiger partial charge in [-0.1, -0.05) is 18.2 Å². The van der Waals surface area contributed by atoms with Gasteiger partial charge in [0.2, 0.25) is 0 Å². The van der Waals surface area contributed by atoms with E-state index < -0.39 is 0 Å². The molecule has 1 N–H and O–H groups in total. The predicted molar refractivity (Wildman–Crippen MR) is 59.6 cm³/mol. The molecule has 3 rings (SSSR count). The number of anilines is 1. The third-order valence-electron chi connectivity index (χ3n) is 2.48. The van der Waals surface area contributed by atoms with E-state index in [0.717, 1.165) is 16.9 Å². The summed E-state index contributed by atoms with van der Waals surface area (Å²) < 4.78 is 0. The molecular formula is C12H8N2O. The van der Waals surface area contributed by atoms with Crippen molar-refractivity contribution in [3.63, 3.8) is 0 Å². The Morgan fingerprint density at radius 1 is 1.20 bits per heavy atom. The Bertz CT molecular complexity index is 524. The van der Waals surface area contributed by atoms with Gasteiger partial charge in [-0.05, 0) is 18.2 Å². The summed E-state index contributed by atoms with van der Waals surface area (Å²) in [5.41, 5.74) is 3.19. The highest BCUT2D eigenvalue weighted by Crippen LogP contribution is 2.34. The summed E-state index contributed by atoms with van der Waals surface area (Å²) in [6, 6.07) is 7.64. The molecule has 2 heterocycles. The summed E-state index contributed by atoms with van der Waals surface area (Å²) in [4.78, 5) is 15.9. The first-order valence-corrected chi connectivity index (χ1v) is 4.72. The van der Waals surface area contributed by atoms with Gasteiger partial charge in [0, 0.05) is 17.5 Å². The van der Waals surface area contributed by atoms with Gasteiger partial charge in [-0.15, -0.1) is 0 Å². The van der Waals surface area contributed by atoms with E-state index in [2.05, 4.69) is 10.3 Å². The molecular weight excluding hydrogens is 188 g/mol. The van der Waals surface area contributed by atoms with Crippen LogP contribution in [0.4, 0.5) is 5.69 Å². The van der Waals surface area contributed by atoms with Crippen molar-refractivity contribution in [1.82, 2.24) is 0 Å². The van der Waals surface area contributed by atoms with Gasteiger partial charge in [0.05, 0.1) is 11.3 Å². The maximum absolute atomic E-state index is 11.7. The molecule has 3 nitrogen and oxygen atoms in total. The van der Waals surface area contributed by atoms with Crippen LogP contribution >= 0.6 is 0 Å². The number of nitrogens with one attached hydrogen (secondary N) is 1. The zero-order valence-electron chi connectivity index (χ0n) is 7.90. The van der Waals surface area contributed by atoms with Gasteiger partial charge in [-0.25, -0.2) is 0 Å². The maximum atomic E-state index is 11.7. The molecule has 0 aliphatic carbocycles. The number of carbonyl (C=O) groups is 1. The van der Waals surface area contributed by atoms with Crippen LogP contribution in [0.25, 0.3) is 5.57 Å². The smallest absolute Gasteiger partial charge is 0.258 e. The van der Waals surface area contributed by atoms with Crippen molar-refractivity contribution in [3.05, 3.63) is 47.7 Å². The van der Waals surface area contributed by atoms with E-state index in [1.165, 1.54) is 0 Å². The monoisotopic (exact) mass is 196 g/mol. The molecule has 0 saturated heterocycles. The Morgan fingerprint density at radius 2 is 2.07 bits per heavy atom. The Morgan fingerprint density at radius 3 is 2.87 bits per heavy atom. The lowest BCUT2D eigenvalue weighted by atomic mass is 10.1. The number of benzene rings is 1. The number of fused-ring (bicyclic) bond motifs is 1. The Kier molecular flexibility index (Phi) is 1.59. The van der Waals surface area contributed by atoms with E-state index in [-0.39, 0.29) is 5.91 Å². The first-order valence-electron chi connectivity index (χ1n) is 4.72. The highest BCUT2D eigenvalue weighted by molar-refractivity contribution is 6.32. The molecule has 72 valence electrons. The van der Waals surface area contributed by atoms with Gasteiger partial charge in [0.25, 0.3) is 5.91 Å². The number of amides is 1. The van der Waals surface area contributed by atoms with Gasteiger partial charge in [0.15, 0.2) is 0 Å². The maximum Gasteiger partial charge on any atom is 0.258 e. The largest absolute Gasteiger partial charge is 0.321 e. The molecule has 1 aromatic rings. The second-order valence-corrected chi connectivity index (χ2v) is 3.40. The van der Waals surface area contributed by atoms with Crippen molar-refractivity contribution in [2.75, 3.05) is 5.32 Å². The second kappa shape index (κ2) is 2.92. The number of rotatable bonds is 0. The number of nitrogens with zero attached hydrogens (tertiary/aromatic N) is 1. The minimum Gasteiger partial charge on any atom is -0.321 e. The van der Waals surface area contributed by atoms with Gasteiger partial charge < -0.3 is 5.32 Å². The summed E-state index contributed by atoms with van der Waals surface area (Å²) in [6.45, 7) is 0. The summed E-state index contributed by atoms with van der Waals surface area (Å²) in [7, 11) is 0. The quantitative estimate of drug-likeness (QED) is 0.633. The number of carbonyl (C=O) groups excluding carboxylic acids is 1. The van der Waals surface area contributed by atoms with Crippen molar-refractivity contribution in [3.8, 4) is 0 Å².